The molecule has 1 unspecified atom stereocenters. The van der Waals surface area contributed by atoms with Gasteiger partial charge in [-0.05, 0) is 44.0 Å². The number of aromatic hydroxyl groups is 1. The van der Waals surface area contributed by atoms with Crippen LogP contribution in [0.4, 0.5) is 0 Å². The van der Waals surface area contributed by atoms with E-state index in [-0.39, 0.29) is 28.3 Å². The second-order valence-corrected chi connectivity index (χ2v) is 7.93. The molecule has 1 aromatic carbocycles. The lowest BCUT2D eigenvalue weighted by Crippen LogP contribution is -2.50. The number of aromatic nitrogens is 1. The van der Waals surface area contributed by atoms with Crippen molar-refractivity contribution < 1.29 is 14.6 Å². The normalized spacial score (nSPS) is 22.4. The van der Waals surface area contributed by atoms with E-state index in [1.54, 1.807) is 18.2 Å². The van der Waals surface area contributed by atoms with Crippen LogP contribution in [0.25, 0.3) is 11.3 Å². The Labute approximate surface area is 155 Å². The summed E-state index contributed by atoms with van der Waals surface area (Å²) in [6, 6.07) is 6.32. The summed E-state index contributed by atoms with van der Waals surface area (Å²) < 4.78 is 6.58. The number of fused-ring (bicyclic) bond motifs is 6. The minimum Gasteiger partial charge on any atom is -0.508 e. The first-order valence-corrected chi connectivity index (χ1v) is 8.80. The molecule has 7 heteroatoms. The summed E-state index contributed by atoms with van der Waals surface area (Å²) >= 11 is 6.69. The molecule has 0 bridgehead atoms. The van der Waals surface area contributed by atoms with Crippen molar-refractivity contribution in [1.29, 1.82) is 0 Å². The Morgan fingerprint density at radius 3 is 2.77 bits per heavy atom. The van der Waals surface area contributed by atoms with Crippen LogP contribution in [0.5, 0.6) is 5.75 Å². The van der Waals surface area contributed by atoms with E-state index < -0.39 is 11.4 Å². The monoisotopic (exact) mass is 374 g/mol. The summed E-state index contributed by atoms with van der Waals surface area (Å²) in [5.41, 5.74) is 1.62. The maximum atomic E-state index is 12.5. The molecule has 26 heavy (non-hydrogen) atoms. The fraction of sp³-hybridized carbons (Fsp3) is 0.368. The smallest absolute Gasteiger partial charge is 0.343 e. The highest BCUT2D eigenvalue weighted by atomic mass is 35.5. The van der Waals surface area contributed by atoms with Crippen LogP contribution in [0.2, 0.25) is 0 Å². The fourth-order valence-corrected chi connectivity index (χ4v) is 4.78. The van der Waals surface area contributed by atoms with Gasteiger partial charge in [0.2, 0.25) is 0 Å². The molecule has 2 aromatic rings. The number of rotatable bonds is 1. The van der Waals surface area contributed by atoms with Gasteiger partial charge in [0.05, 0.1) is 29.8 Å². The highest BCUT2D eigenvalue weighted by Crippen LogP contribution is 2.50. The van der Waals surface area contributed by atoms with E-state index in [0.717, 1.165) is 11.1 Å². The number of alkyl halides is 1. The molecule has 1 N–H and O–H groups in total. The van der Waals surface area contributed by atoms with E-state index in [4.69, 9.17) is 16.3 Å². The van der Waals surface area contributed by atoms with Crippen molar-refractivity contribution in [3.05, 3.63) is 51.8 Å². The van der Waals surface area contributed by atoms with Gasteiger partial charge in [-0.15, -0.1) is 11.6 Å². The summed E-state index contributed by atoms with van der Waals surface area (Å²) in [5, 5.41) is 11.9. The van der Waals surface area contributed by atoms with Gasteiger partial charge in [0.15, 0.2) is 5.43 Å². The van der Waals surface area contributed by atoms with Crippen LogP contribution >= 0.6 is 11.6 Å². The maximum Gasteiger partial charge on any atom is 0.343 e. The van der Waals surface area contributed by atoms with Crippen LogP contribution in [-0.4, -0.2) is 33.8 Å². The molecule has 2 aliphatic rings. The molecule has 3 heterocycles. The summed E-state index contributed by atoms with van der Waals surface area (Å²) in [4.78, 5) is 24.5. The van der Waals surface area contributed by atoms with Crippen molar-refractivity contribution in [2.24, 2.45) is 0 Å². The number of benzene rings is 1. The van der Waals surface area contributed by atoms with Crippen molar-refractivity contribution in [2.45, 2.75) is 37.2 Å². The predicted molar refractivity (Wildman–Crippen MR) is 98.4 cm³/mol. The summed E-state index contributed by atoms with van der Waals surface area (Å²) in [5.74, 6) is -0.517. The molecule has 0 spiro atoms. The van der Waals surface area contributed by atoms with E-state index in [1.165, 1.54) is 19.4 Å². The van der Waals surface area contributed by atoms with Crippen molar-refractivity contribution in [3.63, 3.8) is 0 Å². The number of pyridine rings is 1. The highest BCUT2D eigenvalue weighted by molar-refractivity contribution is 6.21. The van der Waals surface area contributed by atoms with Gasteiger partial charge in [0, 0.05) is 17.8 Å². The fourth-order valence-electron chi connectivity index (χ4n) is 4.16. The zero-order chi connectivity index (χ0) is 18.8. The first-order chi connectivity index (χ1) is 12.2. The molecule has 0 amide bonds. The van der Waals surface area contributed by atoms with Gasteiger partial charge in [-0.25, -0.2) is 4.79 Å². The van der Waals surface area contributed by atoms with Crippen LogP contribution in [0.3, 0.4) is 0 Å². The van der Waals surface area contributed by atoms with Gasteiger partial charge < -0.3 is 9.84 Å². The Morgan fingerprint density at radius 1 is 1.35 bits per heavy atom. The van der Waals surface area contributed by atoms with Gasteiger partial charge in [-0.2, -0.15) is 0 Å². The Hall–Kier alpha value is -2.47. The third-order valence-corrected chi connectivity index (χ3v) is 5.61. The van der Waals surface area contributed by atoms with Gasteiger partial charge in [0.25, 0.3) is 0 Å². The van der Waals surface area contributed by atoms with E-state index in [2.05, 4.69) is 18.9 Å². The van der Waals surface area contributed by atoms with Crippen LogP contribution in [0.15, 0.2) is 35.3 Å². The largest absolute Gasteiger partial charge is 0.508 e. The van der Waals surface area contributed by atoms with Gasteiger partial charge in [0.1, 0.15) is 11.3 Å². The van der Waals surface area contributed by atoms with Crippen molar-refractivity contribution >= 4 is 17.6 Å². The third kappa shape index (κ3) is 2.25. The van der Waals surface area contributed by atoms with Crippen molar-refractivity contribution in [2.75, 3.05) is 12.1 Å². The Morgan fingerprint density at radius 2 is 2.08 bits per heavy atom. The molecule has 6 nitrogen and oxygen atoms in total. The lowest BCUT2D eigenvalue weighted by atomic mass is 9.94. The average Bonchev–Trinajstić information content (AvgIpc) is 2.83. The van der Waals surface area contributed by atoms with E-state index in [9.17, 15) is 14.7 Å². The average molecular weight is 375 g/mol. The lowest BCUT2D eigenvalue weighted by molar-refractivity contribution is 0.0598. The number of carbonyl (C=O) groups excluding carboxylic acids is 1. The van der Waals surface area contributed by atoms with Gasteiger partial charge in [-0.1, -0.05) is 0 Å². The van der Waals surface area contributed by atoms with E-state index in [0.29, 0.717) is 12.1 Å². The SMILES string of the molecule is COC(=O)c1cn2c(cc1=O)-c1ccc(O)cc1C1[C@H](Cl)CC(C)(C)N12. The molecule has 0 saturated carbocycles. The number of methoxy groups -OCH3 is 1. The first-order valence-electron chi connectivity index (χ1n) is 8.36. The minimum absolute atomic E-state index is 0.0222. The number of hydrogen-bond donors (Lipinski definition) is 1. The van der Waals surface area contributed by atoms with Crippen molar-refractivity contribution in [1.82, 2.24) is 4.68 Å². The quantitative estimate of drug-likeness (QED) is 0.614. The lowest BCUT2D eigenvalue weighted by Gasteiger charge is -2.44. The first kappa shape index (κ1) is 17.0. The minimum atomic E-state index is -0.669. The Bertz CT molecular complexity index is 982. The Balaban J connectivity index is 2.06. The van der Waals surface area contributed by atoms with E-state index in [1.807, 2.05) is 4.68 Å². The number of esters is 1. The van der Waals surface area contributed by atoms with Crippen molar-refractivity contribution in [3.8, 4) is 17.0 Å². The predicted octanol–water partition coefficient (Wildman–Crippen LogP) is 2.79. The topological polar surface area (TPSA) is 71.8 Å². The highest BCUT2D eigenvalue weighted by Gasteiger charge is 2.50. The number of nitrogens with zero attached hydrogens (tertiary/aromatic N) is 2. The molecule has 1 saturated heterocycles. The zero-order valence-electron chi connectivity index (χ0n) is 14.7. The molecule has 0 aliphatic carbocycles. The molecule has 1 aromatic heterocycles. The van der Waals surface area contributed by atoms with Crippen LogP contribution in [0.1, 0.15) is 42.2 Å². The third-order valence-electron chi connectivity index (χ3n) is 5.22. The van der Waals surface area contributed by atoms with Crippen LogP contribution in [0, 0.1) is 0 Å². The summed E-state index contributed by atoms with van der Waals surface area (Å²) in [6.45, 7) is 4.13. The molecular weight excluding hydrogens is 356 g/mol. The van der Waals surface area contributed by atoms with Gasteiger partial charge in [-0.3, -0.25) is 14.5 Å². The number of ether oxygens (including phenoxy) is 1. The van der Waals surface area contributed by atoms with Gasteiger partial charge >= 0.3 is 5.97 Å². The summed E-state index contributed by atoms with van der Waals surface area (Å²) in [6.07, 6.45) is 2.25. The second kappa shape index (κ2) is 5.51. The Kier molecular flexibility index (Phi) is 3.60. The zero-order valence-corrected chi connectivity index (χ0v) is 15.4. The molecule has 2 atom stereocenters. The number of halogens is 1. The number of carbonyl (C=O) groups is 1. The molecule has 0 radical (unpaired) electrons. The second-order valence-electron chi connectivity index (χ2n) is 7.37. The van der Waals surface area contributed by atoms with Crippen LogP contribution in [-0.2, 0) is 4.74 Å². The number of hydrogen-bond acceptors (Lipinski definition) is 5. The molecular formula is C19H19ClN2O4. The maximum absolute atomic E-state index is 12.5. The van der Waals surface area contributed by atoms with Crippen LogP contribution < -0.4 is 10.4 Å². The number of phenolic OH excluding ortho intramolecular Hbond substituents is 1. The standard InChI is InChI=1S/C19H19ClN2O4/c1-19(2)8-14(20)17-12-6-10(23)4-5-11(12)15-7-16(24)13(18(25)26-3)9-21(15)22(17)19/h4-7,9,14,17,23H,8H2,1-3H3/t14-,17?/m1/s1. The molecule has 4 rings (SSSR count). The van der Waals surface area contributed by atoms with E-state index >= 15 is 0 Å². The molecule has 136 valence electrons. The molecule has 2 aliphatic heterocycles. The molecule has 1 fully saturated rings. The number of phenols is 1. The summed E-state index contributed by atoms with van der Waals surface area (Å²) in [7, 11) is 1.25.